The van der Waals surface area contributed by atoms with Gasteiger partial charge in [0.15, 0.2) is 0 Å². The Morgan fingerprint density at radius 2 is 1.56 bits per heavy atom. The molecule has 0 aliphatic carbocycles. The van der Waals surface area contributed by atoms with Crippen LogP contribution in [-0.2, 0) is 23.4 Å². The number of piperidine rings is 1. The van der Waals surface area contributed by atoms with Crippen LogP contribution in [0.5, 0.6) is 0 Å². The quantitative estimate of drug-likeness (QED) is 0.765. The first-order chi connectivity index (χ1) is 11.6. The Kier molecular flexibility index (Phi) is 4.71. The summed E-state index contributed by atoms with van der Waals surface area (Å²) in [6.45, 7) is 1.32. The number of aromatic nitrogens is 3. The molecular formula is C13H20F3N5O3S. The Labute approximate surface area is 143 Å². The number of hydrogen-bond acceptors (Lipinski definition) is 4. The second kappa shape index (κ2) is 6.40. The molecule has 3 rings (SSSR count). The normalized spacial score (nSPS) is 21.9. The maximum Gasteiger partial charge on any atom is 0.451 e. The van der Waals surface area contributed by atoms with Crippen LogP contribution < -0.4 is 5.69 Å². The Hall–Kier alpha value is -1.40. The van der Waals surface area contributed by atoms with Gasteiger partial charge < -0.3 is 0 Å². The molecule has 0 atom stereocenters. The molecule has 8 nitrogen and oxygen atoms in total. The third-order valence-electron chi connectivity index (χ3n) is 4.74. The van der Waals surface area contributed by atoms with Gasteiger partial charge in [-0.25, -0.2) is 9.48 Å². The molecule has 2 aliphatic rings. The van der Waals surface area contributed by atoms with E-state index in [2.05, 4.69) is 5.10 Å². The molecular weight excluding hydrogens is 363 g/mol. The highest BCUT2D eigenvalue weighted by atomic mass is 32.2. The summed E-state index contributed by atoms with van der Waals surface area (Å²) in [6, 6.07) is -0.542. The molecule has 2 fully saturated rings. The summed E-state index contributed by atoms with van der Waals surface area (Å²) in [4.78, 5) is 12.0. The Balaban J connectivity index is 1.74. The van der Waals surface area contributed by atoms with Crippen molar-refractivity contribution in [2.75, 3.05) is 26.2 Å². The van der Waals surface area contributed by atoms with Crippen molar-refractivity contribution in [3.8, 4) is 0 Å². The largest absolute Gasteiger partial charge is 0.451 e. The van der Waals surface area contributed by atoms with Gasteiger partial charge in [0.25, 0.3) is 10.2 Å². The van der Waals surface area contributed by atoms with Gasteiger partial charge in [-0.1, -0.05) is 0 Å². The first-order valence-corrected chi connectivity index (χ1v) is 9.50. The molecule has 0 N–H and O–H groups in total. The Morgan fingerprint density at radius 3 is 2.04 bits per heavy atom. The number of rotatable bonds is 3. The second-order valence-corrected chi connectivity index (χ2v) is 8.28. The van der Waals surface area contributed by atoms with E-state index in [9.17, 15) is 26.4 Å². The van der Waals surface area contributed by atoms with E-state index in [0.29, 0.717) is 17.7 Å². The number of halogens is 3. The summed E-state index contributed by atoms with van der Waals surface area (Å²) in [6.07, 6.45) is -2.54. The van der Waals surface area contributed by atoms with Gasteiger partial charge in [0, 0.05) is 33.2 Å². The van der Waals surface area contributed by atoms with Crippen LogP contribution in [0.3, 0.4) is 0 Å². The third-order valence-corrected chi connectivity index (χ3v) is 6.78. The van der Waals surface area contributed by atoms with Crippen molar-refractivity contribution in [3.63, 3.8) is 0 Å². The fourth-order valence-electron chi connectivity index (χ4n) is 3.34. The minimum Gasteiger partial charge on any atom is -0.274 e. The van der Waals surface area contributed by atoms with E-state index in [1.165, 1.54) is 8.61 Å². The van der Waals surface area contributed by atoms with Crippen LogP contribution in [0.4, 0.5) is 13.2 Å². The summed E-state index contributed by atoms with van der Waals surface area (Å²) in [7, 11) is -2.50. The minimum atomic E-state index is -4.71. The predicted octanol–water partition coefficient (Wildman–Crippen LogP) is 0.578. The topological polar surface area (TPSA) is 80.4 Å². The van der Waals surface area contributed by atoms with E-state index >= 15 is 0 Å². The Morgan fingerprint density at radius 1 is 1.04 bits per heavy atom. The molecule has 12 heteroatoms. The lowest BCUT2D eigenvalue weighted by Gasteiger charge is -2.33. The molecule has 2 aliphatic heterocycles. The van der Waals surface area contributed by atoms with Crippen LogP contribution in [-0.4, -0.2) is 57.6 Å². The molecule has 0 unspecified atom stereocenters. The van der Waals surface area contributed by atoms with Crippen LogP contribution in [0.25, 0.3) is 0 Å². The lowest BCUT2D eigenvalue weighted by atomic mass is 10.1. The maximum atomic E-state index is 12.9. The number of nitrogens with zero attached hydrogens (tertiary/aromatic N) is 5. The highest BCUT2D eigenvalue weighted by Gasteiger charge is 2.40. The zero-order valence-corrected chi connectivity index (χ0v) is 14.6. The monoisotopic (exact) mass is 383 g/mol. The summed E-state index contributed by atoms with van der Waals surface area (Å²) in [5.41, 5.74) is -0.840. The van der Waals surface area contributed by atoms with Gasteiger partial charge in [-0.2, -0.15) is 30.2 Å². The van der Waals surface area contributed by atoms with E-state index < -0.39 is 33.9 Å². The van der Waals surface area contributed by atoms with Crippen LogP contribution in [0.1, 0.15) is 37.5 Å². The van der Waals surface area contributed by atoms with Crippen LogP contribution in [0, 0.1) is 0 Å². The Bertz CT molecular complexity index is 787. The van der Waals surface area contributed by atoms with Crippen molar-refractivity contribution in [1.82, 2.24) is 23.0 Å². The van der Waals surface area contributed by atoms with E-state index in [1.807, 2.05) is 0 Å². The fourth-order valence-corrected chi connectivity index (χ4v) is 5.06. The molecule has 0 saturated carbocycles. The average Bonchev–Trinajstić information content (AvgIpc) is 3.17. The minimum absolute atomic E-state index is 0.161. The van der Waals surface area contributed by atoms with Crippen molar-refractivity contribution >= 4 is 10.2 Å². The molecule has 0 spiro atoms. The molecule has 2 saturated heterocycles. The van der Waals surface area contributed by atoms with Gasteiger partial charge in [0.1, 0.15) is 0 Å². The second-order valence-electron chi connectivity index (χ2n) is 6.35. The summed E-state index contributed by atoms with van der Waals surface area (Å²) in [5.74, 6) is -1.25. The van der Waals surface area contributed by atoms with Crippen molar-refractivity contribution in [2.45, 2.75) is 37.9 Å². The molecule has 0 bridgehead atoms. The lowest BCUT2D eigenvalue weighted by Crippen LogP contribution is -2.47. The molecule has 0 amide bonds. The first kappa shape index (κ1) is 18.4. The van der Waals surface area contributed by atoms with Crippen LogP contribution in [0.2, 0.25) is 0 Å². The standard InChI is InChI=1S/C13H20F3N5O3S/c1-18-11(13(14,15)16)17-21(12(18)22)10-4-8-20(9-5-10)25(23,24)19-6-2-3-7-19/h10H,2-9H2,1H3. The highest BCUT2D eigenvalue weighted by molar-refractivity contribution is 7.86. The van der Waals surface area contributed by atoms with Crippen molar-refractivity contribution in [3.05, 3.63) is 16.3 Å². The molecule has 0 radical (unpaired) electrons. The van der Waals surface area contributed by atoms with Crippen molar-refractivity contribution in [1.29, 1.82) is 0 Å². The van der Waals surface area contributed by atoms with Crippen LogP contribution in [0.15, 0.2) is 4.79 Å². The predicted molar refractivity (Wildman–Crippen MR) is 82.0 cm³/mol. The van der Waals surface area contributed by atoms with E-state index in [-0.39, 0.29) is 25.9 Å². The van der Waals surface area contributed by atoms with Gasteiger partial charge in [0.05, 0.1) is 6.04 Å². The SMILES string of the molecule is Cn1c(C(F)(F)F)nn(C2CCN(S(=O)(=O)N3CCCC3)CC2)c1=O. The van der Waals surface area contributed by atoms with E-state index in [1.54, 1.807) is 0 Å². The summed E-state index contributed by atoms with van der Waals surface area (Å²) in [5, 5.41) is 3.43. The van der Waals surface area contributed by atoms with E-state index in [0.717, 1.165) is 24.6 Å². The van der Waals surface area contributed by atoms with Crippen molar-refractivity contribution in [2.24, 2.45) is 7.05 Å². The van der Waals surface area contributed by atoms with Crippen molar-refractivity contribution < 1.29 is 21.6 Å². The van der Waals surface area contributed by atoms with Gasteiger partial charge in [-0.15, -0.1) is 5.10 Å². The number of alkyl halides is 3. The molecule has 3 heterocycles. The summed E-state index contributed by atoms with van der Waals surface area (Å²) >= 11 is 0. The molecule has 1 aromatic rings. The first-order valence-electron chi connectivity index (χ1n) is 8.10. The fraction of sp³-hybridized carbons (Fsp3) is 0.846. The smallest absolute Gasteiger partial charge is 0.274 e. The number of hydrogen-bond donors (Lipinski definition) is 0. The average molecular weight is 383 g/mol. The van der Waals surface area contributed by atoms with E-state index in [4.69, 9.17) is 0 Å². The molecule has 25 heavy (non-hydrogen) atoms. The highest BCUT2D eigenvalue weighted by Crippen LogP contribution is 2.29. The van der Waals surface area contributed by atoms with Gasteiger partial charge in [-0.05, 0) is 25.7 Å². The third kappa shape index (κ3) is 3.34. The van der Waals surface area contributed by atoms with Crippen LogP contribution >= 0.6 is 0 Å². The van der Waals surface area contributed by atoms with Gasteiger partial charge in [0.2, 0.25) is 5.82 Å². The molecule has 142 valence electrons. The van der Waals surface area contributed by atoms with Gasteiger partial charge in [-0.3, -0.25) is 4.57 Å². The zero-order valence-electron chi connectivity index (χ0n) is 13.7. The lowest BCUT2D eigenvalue weighted by molar-refractivity contribution is -0.147. The maximum absolute atomic E-state index is 12.9. The zero-order chi connectivity index (χ0) is 18.4. The van der Waals surface area contributed by atoms with Gasteiger partial charge >= 0.3 is 11.9 Å². The molecule has 0 aromatic carbocycles. The molecule has 1 aromatic heterocycles. The summed E-state index contributed by atoms with van der Waals surface area (Å²) < 4.78 is 67.7.